The van der Waals surface area contributed by atoms with Gasteiger partial charge in [0.1, 0.15) is 0 Å². The van der Waals surface area contributed by atoms with E-state index in [-0.39, 0.29) is 0 Å². The lowest BCUT2D eigenvalue weighted by Gasteiger charge is -2.40. The minimum absolute atomic E-state index is 1.00. The van der Waals surface area contributed by atoms with Crippen molar-refractivity contribution in [2.24, 2.45) is 0 Å². The number of unbranched alkanes of at least 4 members (excludes halogenated alkanes) is 1. The van der Waals surface area contributed by atoms with E-state index in [9.17, 15) is 0 Å². The summed E-state index contributed by atoms with van der Waals surface area (Å²) in [5.41, 5.74) is 12.1. The van der Waals surface area contributed by atoms with Crippen LogP contribution < -0.4 is 0 Å². The number of benzene rings is 1. The van der Waals surface area contributed by atoms with E-state index >= 15 is 0 Å². The quantitative estimate of drug-likeness (QED) is 0.333. The van der Waals surface area contributed by atoms with Crippen molar-refractivity contribution in [2.45, 2.75) is 66.8 Å². The Kier molecular flexibility index (Phi) is 9.59. The zero-order chi connectivity index (χ0) is 27.2. The molecule has 2 heterocycles. The SMILES string of the molecule is C=C(C)/C(=C\CCC)N1CCN(C(=C)c2cc(CN3CCN(C4=CCCC=C4C)CC3)c(C)cc2C)CC1. The monoisotopic (exact) mass is 514 g/mol. The van der Waals surface area contributed by atoms with Gasteiger partial charge in [-0.25, -0.2) is 0 Å². The average molecular weight is 515 g/mol. The van der Waals surface area contributed by atoms with Crippen LogP contribution in [0.3, 0.4) is 0 Å². The third-order valence-electron chi connectivity index (χ3n) is 8.53. The van der Waals surface area contributed by atoms with Crippen molar-refractivity contribution in [3.63, 3.8) is 0 Å². The van der Waals surface area contributed by atoms with Crippen LogP contribution in [0.5, 0.6) is 0 Å². The Morgan fingerprint density at radius 2 is 1.50 bits per heavy atom. The fraction of sp³-hybridized carbons (Fsp3) is 0.529. The molecule has 1 aliphatic carbocycles. The summed E-state index contributed by atoms with van der Waals surface area (Å²) in [6.45, 7) is 29.5. The van der Waals surface area contributed by atoms with Crippen LogP contribution >= 0.6 is 0 Å². The first-order chi connectivity index (χ1) is 18.3. The lowest BCUT2D eigenvalue weighted by molar-refractivity contribution is 0.154. The van der Waals surface area contributed by atoms with E-state index < -0.39 is 0 Å². The van der Waals surface area contributed by atoms with Crippen LogP contribution in [0.25, 0.3) is 5.70 Å². The lowest BCUT2D eigenvalue weighted by atomic mass is 9.96. The molecule has 4 nitrogen and oxygen atoms in total. The largest absolute Gasteiger partial charge is 0.369 e. The van der Waals surface area contributed by atoms with E-state index in [1.807, 2.05) is 0 Å². The minimum atomic E-state index is 1.00. The molecule has 0 atom stereocenters. The number of aryl methyl sites for hydroxylation is 2. The first kappa shape index (κ1) is 28.3. The molecular weight excluding hydrogens is 464 g/mol. The average Bonchev–Trinajstić information content (AvgIpc) is 2.91. The number of hydrogen-bond acceptors (Lipinski definition) is 4. The van der Waals surface area contributed by atoms with Crippen LogP contribution in [0.2, 0.25) is 0 Å². The van der Waals surface area contributed by atoms with Gasteiger partial charge in [-0.05, 0) is 80.9 Å². The number of allylic oxidation sites excluding steroid dienone is 5. The Balaban J connectivity index is 1.38. The summed E-state index contributed by atoms with van der Waals surface area (Å²) in [4.78, 5) is 10.2. The van der Waals surface area contributed by atoms with Gasteiger partial charge in [0, 0.05) is 81.6 Å². The van der Waals surface area contributed by atoms with Crippen molar-refractivity contribution < 1.29 is 0 Å². The molecule has 206 valence electrons. The molecule has 0 saturated carbocycles. The fourth-order valence-electron chi connectivity index (χ4n) is 6.17. The molecule has 2 aliphatic heterocycles. The highest BCUT2D eigenvalue weighted by Crippen LogP contribution is 2.29. The Hall–Kier alpha value is -2.72. The maximum atomic E-state index is 4.59. The van der Waals surface area contributed by atoms with Gasteiger partial charge >= 0.3 is 0 Å². The molecular formula is C34H50N4. The van der Waals surface area contributed by atoms with E-state index in [4.69, 9.17) is 0 Å². The molecule has 0 N–H and O–H groups in total. The van der Waals surface area contributed by atoms with Gasteiger partial charge in [-0.15, -0.1) is 0 Å². The second-order valence-corrected chi connectivity index (χ2v) is 11.5. The van der Waals surface area contributed by atoms with Crippen molar-refractivity contribution in [3.05, 3.63) is 88.3 Å². The van der Waals surface area contributed by atoms with Gasteiger partial charge in [0.05, 0.1) is 0 Å². The van der Waals surface area contributed by atoms with Crippen molar-refractivity contribution in [1.29, 1.82) is 0 Å². The molecule has 4 heteroatoms. The molecule has 0 spiro atoms. The predicted molar refractivity (Wildman–Crippen MR) is 164 cm³/mol. The molecule has 1 aromatic rings. The highest BCUT2D eigenvalue weighted by Gasteiger charge is 2.24. The summed E-state index contributed by atoms with van der Waals surface area (Å²) in [7, 11) is 0. The summed E-state index contributed by atoms with van der Waals surface area (Å²) < 4.78 is 0. The molecule has 1 aromatic carbocycles. The Morgan fingerprint density at radius 3 is 2.13 bits per heavy atom. The summed E-state index contributed by atoms with van der Waals surface area (Å²) in [6, 6.07) is 4.80. The molecule has 0 bridgehead atoms. The zero-order valence-electron chi connectivity index (χ0n) is 24.8. The van der Waals surface area contributed by atoms with Crippen LogP contribution in [0.1, 0.15) is 68.7 Å². The maximum Gasteiger partial charge on any atom is 0.0370 e. The summed E-state index contributed by atoms with van der Waals surface area (Å²) >= 11 is 0. The fourth-order valence-corrected chi connectivity index (χ4v) is 6.17. The van der Waals surface area contributed by atoms with E-state index in [0.29, 0.717) is 0 Å². The predicted octanol–water partition coefficient (Wildman–Crippen LogP) is 6.89. The maximum absolute atomic E-state index is 4.59. The highest BCUT2D eigenvalue weighted by atomic mass is 15.3. The van der Waals surface area contributed by atoms with E-state index in [0.717, 1.165) is 65.3 Å². The molecule has 0 amide bonds. The summed E-state index contributed by atoms with van der Waals surface area (Å²) in [6.07, 6.45) is 11.9. The molecule has 38 heavy (non-hydrogen) atoms. The van der Waals surface area contributed by atoms with Gasteiger partial charge in [-0.1, -0.05) is 50.8 Å². The normalized spacial score (nSPS) is 19.4. The van der Waals surface area contributed by atoms with E-state index in [1.165, 1.54) is 69.8 Å². The molecule has 2 saturated heterocycles. The highest BCUT2D eigenvalue weighted by molar-refractivity contribution is 5.66. The molecule has 3 aliphatic rings. The van der Waals surface area contributed by atoms with Crippen LogP contribution in [0.15, 0.2) is 66.1 Å². The van der Waals surface area contributed by atoms with Crippen LogP contribution in [-0.4, -0.2) is 72.0 Å². The first-order valence-electron chi connectivity index (χ1n) is 14.8. The van der Waals surface area contributed by atoms with Crippen LogP contribution in [-0.2, 0) is 6.54 Å². The first-order valence-corrected chi connectivity index (χ1v) is 14.8. The second-order valence-electron chi connectivity index (χ2n) is 11.5. The summed E-state index contributed by atoms with van der Waals surface area (Å²) in [5.74, 6) is 0. The van der Waals surface area contributed by atoms with Gasteiger partial charge in [-0.3, -0.25) is 4.90 Å². The molecule has 0 aromatic heterocycles. The molecule has 2 fully saturated rings. The van der Waals surface area contributed by atoms with Gasteiger partial charge < -0.3 is 14.7 Å². The van der Waals surface area contributed by atoms with Gasteiger partial charge in [0.15, 0.2) is 0 Å². The van der Waals surface area contributed by atoms with Crippen molar-refractivity contribution >= 4 is 5.70 Å². The van der Waals surface area contributed by atoms with Gasteiger partial charge in [0.2, 0.25) is 0 Å². The van der Waals surface area contributed by atoms with E-state index in [1.54, 1.807) is 0 Å². The van der Waals surface area contributed by atoms with Crippen molar-refractivity contribution in [1.82, 2.24) is 19.6 Å². The Bertz CT molecular complexity index is 1110. The van der Waals surface area contributed by atoms with Crippen molar-refractivity contribution in [2.75, 3.05) is 52.4 Å². The minimum Gasteiger partial charge on any atom is -0.369 e. The lowest BCUT2D eigenvalue weighted by Crippen LogP contribution is -2.45. The molecule has 4 rings (SSSR count). The number of hydrogen-bond donors (Lipinski definition) is 0. The Labute approximate surface area is 232 Å². The van der Waals surface area contributed by atoms with E-state index in [2.05, 4.69) is 97.7 Å². The molecule has 0 radical (unpaired) electrons. The second kappa shape index (κ2) is 12.9. The number of piperazine rings is 2. The summed E-state index contributed by atoms with van der Waals surface area (Å²) in [5, 5.41) is 0. The van der Waals surface area contributed by atoms with Gasteiger partial charge in [0.25, 0.3) is 0 Å². The van der Waals surface area contributed by atoms with Gasteiger partial charge in [-0.2, -0.15) is 0 Å². The number of rotatable bonds is 9. The Morgan fingerprint density at radius 1 is 0.842 bits per heavy atom. The third-order valence-corrected chi connectivity index (χ3v) is 8.53. The van der Waals surface area contributed by atoms with Crippen molar-refractivity contribution in [3.8, 4) is 0 Å². The smallest absolute Gasteiger partial charge is 0.0370 e. The zero-order valence-corrected chi connectivity index (χ0v) is 24.8. The van der Waals surface area contributed by atoms with Crippen LogP contribution in [0, 0.1) is 13.8 Å². The third kappa shape index (κ3) is 6.64. The standard InChI is InChI=1S/C34H50N4/c1-8-9-13-33(26(2)3)37-21-19-36(20-22-37)30(7)32-24-31(28(5)23-29(32)6)25-35-15-17-38(18-16-35)34-14-11-10-12-27(34)4/h12-14,23-24H,2,7-11,15-22,25H2,1,3-6H3/b33-13+. The topological polar surface area (TPSA) is 13.0 Å². The number of nitrogens with zero attached hydrogens (tertiary/aromatic N) is 4. The molecule has 0 unspecified atom stereocenters. The van der Waals surface area contributed by atoms with Crippen LogP contribution in [0.4, 0.5) is 0 Å².